The summed E-state index contributed by atoms with van der Waals surface area (Å²) in [6.07, 6.45) is -2.01. The fourth-order valence-corrected chi connectivity index (χ4v) is 7.08. The van der Waals surface area contributed by atoms with Crippen molar-refractivity contribution in [3.63, 3.8) is 0 Å². The number of carbonyl (C=O) groups is 1. The van der Waals surface area contributed by atoms with Crippen molar-refractivity contribution < 1.29 is 18.7 Å². The fourth-order valence-electron chi connectivity index (χ4n) is 4.47. The molecule has 0 saturated carbocycles. The first kappa shape index (κ1) is 27.0. The van der Waals surface area contributed by atoms with Crippen LogP contribution in [0.2, 0.25) is 4.82 Å². The summed E-state index contributed by atoms with van der Waals surface area (Å²) < 4.78 is 30.7. The van der Waals surface area contributed by atoms with Gasteiger partial charge < -0.3 is 0 Å². The van der Waals surface area contributed by atoms with Crippen LogP contribution in [0.15, 0.2) is 107 Å². The molecule has 200 valence electrons. The van der Waals surface area contributed by atoms with E-state index in [0.29, 0.717) is 11.2 Å². The molecule has 4 aromatic rings. The molecular weight excluding hydrogens is 566 g/mol. The van der Waals surface area contributed by atoms with Gasteiger partial charge in [-0.05, 0) is 0 Å². The van der Waals surface area contributed by atoms with Gasteiger partial charge in [0.15, 0.2) is 0 Å². The average molecular weight is 594 g/mol. The van der Waals surface area contributed by atoms with Gasteiger partial charge in [-0.25, -0.2) is 0 Å². The second-order valence-electron chi connectivity index (χ2n) is 9.22. The molecule has 0 aliphatic carbocycles. The Kier molecular flexibility index (Phi) is 8.33. The molecule has 1 aliphatic rings. The first-order valence-corrected chi connectivity index (χ1v) is 14.4. The van der Waals surface area contributed by atoms with Gasteiger partial charge in [0.05, 0.1) is 0 Å². The molecule has 0 amide bonds. The van der Waals surface area contributed by atoms with Gasteiger partial charge in [0.25, 0.3) is 0 Å². The Morgan fingerprint density at radius 1 is 0.949 bits per heavy atom. The third-order valence-corrected chi connectivity index (χ3v) is 9.20. The molecule has 1 aromatic heterocycles. The Hall–Kier alpha value is -3.62. The SMILES string of the molecule is Cc1cn(C2O[C@H](COCc3ccccc3)[C@@H](F)[C@H]2[Se]c2ccccc2)c(=O)n(C(=O)c2ccccc2)c1=O. The topological polar surface area (TPSA) is 79.5 Å². The quantitative estimate of drug-likeness (QED) is 0.293. The predicted molar refractivity (Wildman–Crippen MR) is 146 cm³/mol. The van der Waals surface area contributed by atoms with Crippen LogP contribution < -0.4 is 15.7 Å². The Bertz CT molecular complexity index is 1540. The molecule has 39 heavy (non-hydrogen) atoms. The summed E-state index contributed by atoms with van der Waals surface area (Å²) in [7, 11) is 0. The van der Waals surface area contributed by atoms with Gasteiger partial charge in [-0.3, -0.25) is 0 Å². The molecular formula is C30H27FN2O5Se. The molecule has 7 nitrogen and oxygen atoms in total. The first-order chi connectivity index (χ1) is 18.9. The summed E-state index contributed by atoms with van der Waals surface area (Å²) in [5.74, 6) is -0.745. The standard InChI is InChI=1S/C30H27FN2O5Se/c1-20-17-32(30(36)33(27(20)34)28(35)22-13-7-3-8-14-22)29-26(39-23-15-9-4-10-16-23)25(31)24(38-29)19-37-18-21-11-5-2-6-12-21/h2-17,24-26,29H,18-19H2,1H3/t24-,25-,26-,29?/m1/s1. The van der Waals surface area contributed by atoms with E-state index < -0.39 is 55.4 Å². The van der Waals surface area contributed by atoms with Crippen molar-refractivity contribution in [3.05, 3.63) is 135 Å². The molecule has 0 radical (unpaired) electrons. The second kappa shape index (κ2) is 12.1. The second-order valence-corrected chi connectivity index (χ2v) is 11.8. The van der Waals surface area contributed by atoms with Gasteiger partial charge >= 0.3 is 231 Å². The summed E-state index contributed by atoms with van der Waals surface area (Å²) in [6, 6.07) is 27.1. The number of nitrogens with zero attached hydrogens (tertiary/aromatic N) is 2. The summed E-state index contributed by atoms with van der Waals surface area (Å²) in [6.45, 7) is 1.80. The van der Waals surface area contributed by atoms with E-state index in [2.05, 4.69) is 0 Å². The van der Waals surface area contributed by atoms with Crippen molar-refractivity contribution in [2.24, 2.45) is 0 Å². The van der Waals surface area contributed by atoms with E-state index in [4.69, 9.17) is 9.47 Å². The Labute approximate surface area is 231 Å². The monoisotopic (exact) mass is 594 g/mol. The minimum atomic E-state index is -1.43. The van der Waals surface area contributed by atoms with Crippen molar-refractivity contribution in [1.82, 2.24) is 9.13 Å². The summed E-state index contributed by atoms with van der Waals surface area (Å²) >= 11 is -0.419. The van der Waals surface area contributed by atoms with Crippen LogP contribution in [0.4, 0.5) is 4.39 Å². The van der Waals surface area contributed by atoms with E-state index in [-0.39, 0.29) is 17.7 Å². The van der Waals surface area contributed by atoms with E-state index >= 15 is 4.39 Å². The number of aryl methyl sites for hydroxylation is 1. The molecule has 0 N–H and O–H groups in total. The van der Waals surface area contributed by atoms with Gasteiger partial charge in [0.2, 0.25) is 0 Å². The summed E-state index contributed by atoms with van der Waals surface area (Å²) in [4.78, 5) is 39.1. The maximum absolute atomic E-state index is 16.0. The Morgan fingerprint density at radius 2 is 1.56 bits per heavy atom. The molecule has 1 fully saturated rings. The van der Waals surface area contributed by atoms with Crippen molar-refractivity contribution in [3.8, 4) is 0 Å². The number of alkyl halides is 1. The van der Waals surface area contributed by atoms with E-state index in [1.165, 1.54) is 29.8 Å². The molecule has 5 rings (SSSR count). The van der Waals surface area contributed by atoms with Crippen molar-refractivity contribution in [2.45, 2.75) is 36.9 Å². The van der Waals surface area contributed by atoms with Gasteiger partial charge in [-0.2, -0.15) is 0 Å². The molecule has 0 bridgehead atoms. The Morgan fingerprint density at radius 3 is 2.23 bits per heavy atom. The van der Waals surface area contributed by atoms with Crippen LogP contribution in [-0.4, -0.2) is 48.9 Å². The zero-order valence-electron chi connectivity index (χ0n) is 21.2. The molecule has 4 atom stereocenters. The molecule has 1 aliphatic heterocycles. The maximum atomic E-state index is 16.0. The van der Waals surface area contributed by atoms with Gasteiger partial charge in [0.1, 0.15) is 0 Å². The van der Waals surface area contributed by atoms with E-state index in [1.54, 1.807) is 18.2 Å². The van der Waals surface area contributed by atoms with Crippen LogP contribution in [0.3, 0.4) is 0 Å². The van der Waals surface area contributed by atoms with E-state index in [0.717, 1.165) is 10.0 Å². The third kappa shape index (κ3) is 5.87. The normalized spacial score (nSPS) is 20.7. The number of hydrogen-bond donors (Lipinski definition) is 0. The van der Waals surface area contributed by atoms with Gasteiger partial charge in [-0.15, -0.1) is 0 Å². The molecule has 0 spiro atoms. The number of halogens is 1. The molecule has 3 aromatic carbocycles. The number of aromatic nitrogens is 2. The van der Waals surface area contributed by atoms with Crippen LogP contribution in [0.1, 0.15) is 27.7 Å². The molecule has 2 heterocycles. The summed E-state index contributed by atoms with van der Waals surface area (Å²) in [5, 5.41) is 0. The van der Waals surface area contributed by atoms with Crippen molar-refractivity contribution in [2.75, 3.05) is 6.61 Å². The third-order valence-electron chi connectivity index (χ3n) is 6.46. The summed E-state index contributed by atoms with van der Waals surface area (Å²) in [5.41, 5.74) is -0.260. The van der Waals surface area contributed by atoms with Crippen molar-refractivity contribution >= 4 is 25.3 Å². The Balaban J connectivity index is 1.48. The van der Waals surface area contributed by atoms with E-state index in [9.17, 15) is 14.4 Å². The van der Waals surface area contributed by atoms with Gasteiger partial charge in [-0.1, -0.05) is 0 Å². The number of hydrogen-bond acceptors (Lipinski definition) is 5. The van der Waals surface area contributed by atoms with Crippen LogP contribution in [0.5, 0.6) is 0 Å². The molecule has 9 heteroatoms. The number of carbonyl (C=O) groups excluding carboxylic acids is 1. The van der Waals surface area contributed by atoms with Crippen LogP contribution in [0, 0.1) is 6.92 Å². The fraction of sp³-hybridized carbons (Fsp3) is 0.233. The van der Waals surface area contributed by atoms with Crippen LogP contribution >= 0.6 is 0 Å². The first-order valence-electron chi connectivity index (χ1n) is 12.5. The minimum absolute atomic E-state index is 0.00967. The zero-order chi connectivity index (χ0) is 27.4. The van der Waals surface area contributed by atoms with E-state index in [1.807, 2.05) is 60.7 Å². The van der Waals surface area contributed by atoms with Gasteiger partial charge in [0, 0.05) is 0 Å². The zero-order valence-corrected chi connectivity index (χ0v) is 22.9. The molecule has 1 saturated heterocycles. The number of ether oxygens (including phenoxy) is 2. The van der Waals surface area contributed by atoms with Crippen LogP contribution in [0.25, 0.3) is 0 Å². The van der Waals surface area contributed by atoms with Crippen molar-refractivity contribution in [1.29, 1.82) is 0 Å². The van der Waals surface area contributed by atoms with Crippen LogP contribution in [-0.2, 0) is 16.1 Å². The number of rotatable bonds is 8. The average Bonchev–Trinajstić information content (AvgIpc) is 3.26. The predicted octanol–water partition coefficient (Wildman–Crippen LogP) is 3.28. The number of benzene rings is 3. The molecule has 1 unspecified atom stereocenters.